The molecule has 1 atom stereocenters. The fraction of sp³-hybridized carbons (Fsp3) is 0.286. The third kappa shape index (κ3) is 3.38. The largest absolute Gasteiger partial charge is 0.507 e. The van der Waals surface area contributed by atoms with Crippen molar-refractivity contribution in [1.29, 1.82) is 0 Å². The van der Waals surface area contributed by atoms with Gasteiger partial charge in [0.2, 0.25) is 0 Å². The predicted molar refractivity (Wildman–Crippen MR) is 96.1 cm³/mol. The van der Waals surface area contributed by atoms with Crippen molar-refractivity contribution in [1.82, 2.24) is 0 Å². The summed E-state index contributed by atoms with van der Waals surface area (Å²) in [4.78, 5) is 12.5. The maximum absolute atomic E-state index is 12.5. The van der Waals surface area contributed by atoms with Gasteiger partial charge in [0.1, 0.15) is 23.2 Å². The SMILES string of the molecule is COc1cc(O)c2c(c1CC=C(C)C)CC(c1ccccc1)OC2=O. The Bertz CT molecular complexity index is 818. The molecule has 25 heavy (non-hydrogen) atoms. The Hall–Kier alpha value is -2.75. The highest BCUT2D eigenvalue weighted by molar-refractivity contribution is 5.96. The molecule has 2 aromatic rings. The lowest BCUT2D eigenvalue weighted by Gasteiger charge is -2.28. The summed E-state index contributed by atoms with van der Waals surface area (Å²) in [7, 11) is 1.57. The van der Waals surface area contributed by atoms with Crippen molar-refractivity contribution < 1.29 is 19.4 Å². The molecule has 4 nitrogen and oxygen atoms in total. The summed E-state index contributed by atoms with van der Waals surface area (Å²) in [6.07, 6.45) is 2.88. The summed E-state index contributed by atoms with van der Waals surface area (Å²) < 4.78 is 11.0. The molecule has 1 aliphatic heterocycles. The Labute approximate surface area is 147 Å². The molecule has 0 amide bonds. The number of cyclic esters (lactones) is 1. The summed E-state index contributed by atoms with van der Waals surface area (Å²) in [5, 5.41) is 10.3. The van der Waals surface area contributed by atoms with E-state index in [-0.39, 0.29) is 17.4 Å². The molecule has 3 rings (SSSR count). The number of rotatable bonds is 4. The van der Waals surface area contributed by atoms with E-state index in [1.165, 1.54) is 11.6 Å². The van der Waals surface area contributed by atoms with Gasteiger partial charge in [-0.2, -0.15) is 0 Å². The maximum Gasteiger partial charge on any atom is 0.342 e. The normalized spacial score (nSPS) is 16.0. The second-order valence-electron chi connectivity index (χ2n) is 6.42. The van der Waals surface area contributed by atoms with Crippen molar-refractivity contribution in [2.45, 2.75) is 32.8 Å². The van der Waals surface area contributed by atoms with E-state index in [0.29, 0.717) is 18.6 Å². The van der Waals surface area contributed by atoms with E-state index in [0.717, 1.165) is 16.7 Å². The fourth-order valence-corrected chi connectivity index (χ4v) is 3.17. The zero-order chi connectivity index (χ0) is 18.0. The monoisotopic (exact) mass is 338 g/mol. The van der Waals surface area contributed by atoms with Crippen LogP contribution >= 0.6 is 0 Å². The third-order valence-electron chi connectivity index (χ3n) is 4.44. The van der Waals surface area contributed by atoms with Crippen molar-refractivity contribution >= 4 is 5.97 Å². The van der Waals surface area contributed by atoms with Crippen LogP contribution < -0.4 is 4.74 Å². The quantitative estimate of drug-likeness (QED) is 0.664. The summed E-state index contributed by atoms with van der Waals surface area (Å²) >= 11 is 0. The number of benzene rings is 2. The highest BCUT2D eigenvalue weighted by Crippen LogP contribution is 2.41. The van der Waals surface area contributed by atoms with Crippen LogP contribution in [0.15, 0.2) is 48.0 Å². The number of hydrogen-bond acceptors (Lipinski definition) is 4. The van der Waals surface area contributed by atoms with Gasteiger partial charge in [-0.1, -0.05) is 42.0 Å². The number of esters is 1. The second kappa shape index (κ2) is 7.01. The molecule has 4 heteroatoms. The molecule has 130 valence electrons. The van der Waals surface area contributed by atoms with Crippen LogP contribution in [0.5, 0.6) is 11.5 Å². The van der Waals surface area contributed by atoms with Crippen molar-refractivity contribution in [3.05, 3.63) is 70.3 Å². The van der Waals surface area contributed by atoms with Gasteiger partial charge < -0.3 is 14.6 Å². The Kier molecular flexibility index (Phi) is 4.79. The number of aromatic hydroxyl groups is 1. The fourth-order valence-electron chi connectivity index (χ4n) is 3.17. The van der Waals surface area contributed by atoms with Crippen molar-refractivity contribution in [3.63, 3.8) is 0 Å². The number of carbonyl (C=O) groups excluding carboxylic acids is 1. The molecule has 1 N–H and O–H groups in total. The van der Waals surface area contributed by atoms with Gasteiger partial charge in [0, 0.05) is 18.1 Å². The number of phenols is 1. The standard InChI is InChI=1S/C21H22O4/c1-13(2)9-10-15-16-11-18(14-7-5-4-6-8-14)25-21(23)20(16)17(22)12-19(15)24-3/h4-9,12,18,22H,10-11H2,1-3H3. The number of allylic oxidation sites excluding steroid dienone is 2. The first-order chi connectivity index (χ1) is 12.0. The highest BCUT2D eigenvalue weighted by atomic mass is 16.5. The van der Waals surface area contributed by atoms with Gasteiger partial charge in [-0.15, -0.1) is 0 Å². The summed E-state index contributed by atoms with van der Waals surface area (Å²) in [5.41, 5.74) is 4.11. The van der Waals surface area contributed by atoms with Crippen LogP contribution in [0.3, 0.4) is 0 Å². The molecule has 0 bridgehead atoms. The number of methoxy groups -OCH3 is 1. The molecule has 1 unspecified atom stereocenters. The number of carbonyl (C=O) groups is 1. The van der Waals surface area contributed by atoms with Gasteiger partial charge in [0.15, 0.2) is 0 Å². The first-order valence-corrected chi connectivity index (χ1v) is 8.32. The third-order valence-corrected chi connectivity index (χ3v) is 4.44. The second-order valence-corrected chi connectivity index (χ2v) is 6.42. The van der Waals surface area contributed by atoms with Gasteiger partial charge in [-0.05, 0) is 31.4 Å². The van der Waals surface area contributed by atoms with Crippen LogP contribution in [0.1, 0.15) is 47.0 Å². The molecule has 2 aromatic carbocycles. The first kappa shape index (κ1) is 17.1. The molecule has 0 saturated carbocycles. The maximum atomic E-state index is 12.5. The minimum absolute atomic E-state index is 0.0932. The van der Waals surface area contributed by atoms with Crippen LogP contribution in [-0.4, -0.2) is 18.2 Å². The topological polar surface area (TPSA) is 55.8 Å². The average Bonchev–Trinajstić information content (AvgIpc) is 2.60. The van der Waals surface area contributed by atoms with Gasteiger partial charge in [0.25, 0.3) is 0 Å². The molecule has 0 saturated heterocycles. The van der Waals surface area contributed by atoms with Crippen LogP contribution in [0.4, 0.5) is 0 Å². The van der Waals surface area contributed by atoms with Gasteiger partial charge in [0.05, 0.1) is 7.11 Å². The number of ether oxygens (including phenoxy) is 2. The van der Waals surface area contributed by atoms with E-state index < -0.39 is 5.97 Å². The Morgan fingerprint density at radius 3 is 2.68 bits per heavy atom. The van der Waals surface area contributed by atoms with E-state index in [9.17, 15) is 9.90 Å². The van der Waals surface area contributed by atoms with Crippen molar-refractivity contribution in [3.8, 4) is 11.5 Å². The summed E-state index contributed by atoms with van der Waals surface area (Å²) in [5.74, 6) is 0.00767. The number of phenolic OH excluding ortho intramolecular Hbond substituents is 1. The van der Waals surface area contributed by atoms with E-state index in [4.69, 9.17) is 9.47 Å². The minimum Gasteiger partial charge on any atom is -0.507 e. The average molecular weight is 338 g/mol. The molecule has 1 heterocycles. The van der Waals surface area contributed by atoms with E-state index in [2.05, 4.69) is 6.08 Å². The summed E-state index contributed by atoms with van der Waals surface area (Å²) in [6.45, 7) is 4.06. The van der Waals surface area contributed by atoms with E-state index >= 15 is 0 Å². The van der Waals surface area contributed by atoms with Gasteiger partial charge in [-0.25, -0.2) is 4.79 Å². The molecule has 0 aromatic heterocycles. The molecule has 0 radical (unpaired) electrons. The molecule has 1 aliphatic rings. The van der Waals surface area contributed by atoms with Gasteiger partial charge in [-0.3, -0.25) is 0 Å². The van der Waals surface area contributed by atoms with Crippen LogP contribution in [-0.2, 0) is 17.6 Å². The van der Waals surface area contributed by atoms with E-state index in [1.54, 1.807) is 7.11 Å². The van der Waals surface area contributed by atoms with Crippen LogP contribution in [0.25, 0.3) is 0 Å². The first-order valence-electron chi connectivity index (χ1n) is 8.32. The van der Waals surface area contributed by atoms with Crippen LogP contribution in [0, 0.1) is 0 Å². The lowest BCUT2D eigenvalue weighted by molar-refractivity contribution is 0.0247. The molecular formula is C21H22O4. The summed E-state index contributed by atoms with van der Waals surface area (Å²) in [6, 6.07) is 11.2. The lowest BCUT2D eigenvalue weighted by atomic mass is 9.88. The Morgan fingerprint density at radius 1 is 1.32 bits per heavy atom. The van der Waals surface area contributed by atoms with Crippen LogP contribution in [0.2, 0.25) is 0 Å². The number of hydrogen-bond donors (Lipinski definition) is 1. The Morgan fingerprint density at radius 2 is 2.04 bits per heavy atom. The molecule has 0 fully saturated rings. The van der Waals surface area contributed by atoms with Crippen molar-refractivity contribution in [2.24, 2.45) is 0 Å². The number of fused-ring (bicyclic) bond motifs is 1. The smallest absolute Gasteiger partial charge is 0.342 e. The van der Waals surface area contributed by atoms with E-state index in [1.807, 2.05) is 44.2 Å². The zero-order valence-electron chi connectivity index (χ0n) is 14.7. The zero-order valence-corrected chi connectivity index (χ0v) is 14.7. The Balaban J connectivity index is 2.11. The predicted octanol–water partition coefficient (Wildman–Crippen LogP) is 4.36. The van der Waals surface area contributed by atoms with Gasteiger partial charge >= 0.3 is 5.97 Å². The minimum atomic E-state index is -0.492. The molecule has 0 aliphatic carbocycles. The highest BCUT2D eigenvalue weighted by Gasteiger charge is 2.33. The molecule has 0 spiro atoms. The molecular weight excluding hydrogens is 316 g/mol. The van der Waals surface area contributed by atoms with Crippen molar-refractivity contribution in [2.75, 3.05) is 7.11 Å². The lowest BCUT2D eigenvalue weighted by Crippen LogP contribution is -2.23.